The molecule has 0 aromatic carbocycles. The third-order valence-electron chi connectivity index (χ3n) is 2.97. The number of carbonyl (C=O) groups excluding carboxylic acids is 1. The monoisotopic (exact) mass is 324 g/mol. The summed E-state index contributed by atoms with van der Waals surface area (Å²) in [5, 5.41) is 10.4. The minimum atomic E-state index is -2.03. The molecule has 1 N–H and O–H groups in total. The van der Waals surface area contributed by atoms with E-state index in [1.165, 1.54) is 19.3 Å². The third-order valence-corrected chi connectivity index (χ3v) is 4.27. The Bertz CT molecular complexity index is 521. The molecule has 0 bridgehead atoms. The first kappa shape index (κ1) is 20.8. The van der Waals surface area contributed by atoms with Crippen molar-refractivity contribution in [2.45, 2.75) is 45.1 Å². The van der Waals surface area contributed by atoms with Crippen molar-refractivity contribution in [3.8, 4) is 0 Å². The van der Waals surface area contributed by atoms with Gasteiger partial charge in [0, 0.05) is 29.8 Å². The zero-order chi connectivity index (χ0) is 17.5. The first-order chi connectivity index (χ1) is 10.2. The quantitative estimate of drug-likeness (QED) is 0.660. The van der Waals surface area contributed by atoms with Crippen molar-refractivity contribution in [3.63, 3.8) is 0 Å². The maximum atomic E-state index is 11.9. The van der Waals surface area contributed by atoms with E-state index in [1.807, 2.05) is 13.8 Å². The Labute approximate surface area is 137 Å². The van der Waals surface area contributed by atoms with E-state index in [4.69, 9.17) is 7.85 Å². The summed E-state index contributed by atoms with van der Waals surface area (Å²) in [5.41, 5.74) is -1.94. The summed E-state index contributed by atoms with van der Waals surface area (Å²) in [6.07, 6.45) is 1.42. The van der Waals surface area contributed by atoms with Crippen LogP contribution in [0, 0.1) is 5.92 Å². The van der Waals surface area contributed by atoms with Crippen molar-refractivity contribution in [1.82, 2.24) is 9.88 Å². The van der Waals surface area contributed by atoms with Crippen molar-refractivity contribution >= 4 is 24.6 Å². The van der Waals surface area contributed by atoms with Crippen LogP contribution in [0.25, 0.3) is 0 Å². The van der Waals surface area contributed by atoms with E-state index >= 15 is 0 Å². The zero-order valence-corrected chi connectivity index (χ0v) is 15.0. The topological polar surface area (TPSA) is 70.5 Å². The predicted octanol–water partition coefficient (Wildman–Crippen LogP) is 1.62. The number of pyridine rings is 1. The number of aromatic nitrogens is 1. The van der Waals surface area contributed by atoms with E-state index in [9.17, 15) is 14.1 Å². The molecular formula is C15H25BN2O3S. The lowest BCUT2D eigenvalue weighted by molar-refractivity contribution is -0.147. The van der Waals surface area contributed by atoms with Crippen molar-refractivity contribution in [2.75, 3.05) is 12.8 Å². The SMILES string of the molecule is CC.[B]C(O)(c1cc(S(=O)CC)ccn1)N(C)C(=O)C(C)C. The number of amides is 1. The molecule has 2 atom stereocenters. The summed E-state index contributed by atoms with van der Waals surface area (Å²) < 4.78 is 11.8. The summed E-state index contributed by atoms with van der Waals surface area (Å²) >= 11 is 0. The second-order valence-electron chi connectivity index (χ2n) is 4.79. The fourth-order valence-electron chi connectivity index (χ4n) is 1.65. The molecule has 1 aromatic rings. The van der Waals surface area contributed by atoms with Crippen molar-refractivity contribution in [1.29, 1.82) is 0 Å². The van der Waals surface area contributed by atoms with Gasteiger partial charge in [-0.15, -0.1) is 0 Å². The van der Waals surface area contributed by atoms with Crippen LogP contribution in [-0.4, -0.2) is 45.8 Å². The van der Waals surface area contributed by atoms with E-state index < -0.39 is 16.4 Å². The molecule has 2 radical (unpaired) electrons. The number of hydrogen-bond donors (Lipinski definition) is 1. The fraction of sp³-hybridized carbons (Fsp3) is 0.600. The molecule has 1 aromatic heterocycles. The Morgan fingerprint density at radius 3 is 2.50 bits per heavy atom. The molecule has 7 heteroatoms. The highest BCUT2D eigenvalue weighted by atomic mass is 32.2. The highest BCUT2D eigenvalue weighted by molar-refractivity contribution is 7.85. The first-order valence-electron chi connectivity index (χ1n) is 7.35. The van der Waals surface area contributed by atoms with Gasteiger partial charge < -0.3 is 10.0 Å². The summed E-state index contributed by atoms with van der Waals surface area (Å²) in [4.78, 5) is 17.5. The summed E-state index contributed by atoms with van der Waals surface area (Å²) in [5.74, 6) is -0.158. The Balaban J connectivity index is 0.00000211. The number of rotatable bonds is 5. The molecule has 0 saturated carbocycles. The van der Waals surface area contributed by atoms with Crippen LogP contribution in [0.2, 0.25) is 0 Å². The number of carbonyl (C=O) groups is 1. The molecule has 122 valence electrons. The standard InChI is InChI=1S/C13H19BN2O3S.C2H6/c1-5-20(19)10-6-7-15-11(8-10)13(14,18)16(4)12(17)9(2)3;1-2/h6-9,18H,5H2,1-4H3;1-2H3. The summed E-state index contributed by atoms with van der Waals surface area (Å²) in [7, 11) is 6.06. The Hall–Kier alpha value is -1.21. The zero-order valence-electron chi connectivity index (χ0n) is 14.2. The lowest BCUT2D eigenvalue weighted by atomic mass is 9.85. The van der Waals surface area contributed by atoms with Crippen LogP contribution in [0.3, 0.4) is 0 Å². The molecule has 0 aliphatic carbocycles. The van der Waals surface area contributed by atoms with Crippen molar-refractivity contribution < 1.29 is 14.1 Å². The van der Waals surface area contributed by atoms with Crippen LogP contribution in [-0.2, 0) is 21.2 Å². The molecular weight excluding hydrogens is 299 g/mol. The van der Waals surface area contributed by atoms with Crippen LogP contribution in [0.5, 0.6) is 0 Å². The Kier molecular flexibility index (Phi) is 8.56. The highest BCUT2D eigenvalue weighted by Gasteiger charge is 2.33. The maximum Gasteiger partial charge on any atom is 0.226 e. The van der Waals surface area contributed by atoms with Gasteiger partial charge in [-0.1, -0.05) is 34.6 Å². The van der Waals surface area contributed by atoms with Gasteiger partial charge in [0.2, 0.25) is 5.91 Å². The predicted molar refractivity (Wildman–Crippen MR) is 89.8 cm³/mol. The molecule has 0 saturated heterocycles. The Morgan fingerprint density at radius 2 is 2.05 bits per heavy atom. The van der Waals surface area contributed by atoms with Gasteiger partial charge in [0.05, 0.1) is 16.5 Å². The van der Waals surface area contributed by atoms with Crippen molar-refractivity contribution in [3.05, 3.63) is 24.0 Å². The molecule has 5 nitrogen and oxygen atoms in total. The van der Waals surface area contributed by atoms with Gasteiger partial charge in [-0.05, 0) is 12.1 Å². The van der Waals surface area contributed by atoms with Gasteiger partial charge in [0.25, 0.3) is 0 Å². The smallest absolute Gasteiger partial charge is 0.226 e. The van der Waals surface area contributed by atoms with Gasteiger partial charge in [-0.2, -0.15) is 0 Å². The van der Waals surface area contributed by atoms with Gasteiger partial charge >= 0.3 is 0 Å². The van der Waals surface area contributed by atoms with Gasteiger partial charge in [0.15, 0.2) is 7.85 Å². The number of hydrogen-bond acceptors (Lipinski definition) is 4. The molecule has 1 heterocycles. The van der Waals surface area contributed by atoms with Crippen molar-refractivity contribution in [2.24, 2.45) is 5.92 Å². The minimum absolute atomic E-state index is 0.0910. The van der Waals surface area contributed by atoms with E-state index in [0.29, 0.717) is 10.6 Å². The van der Waals surface area contributed by atoms with Crippen LogP contribution >= 0.6 is 0 Å². The van der Waals surface area contributed by atoms with E-state index in [2.05, 4.69) is 4.98 Å². The van der Waals surface area contributed by atoms with Crippen LogP contribution in [0.15, 0.2) is 23.2 Å². The second-order valence-corrected chi connectivity index (χ2v) is 6.53. The molecule has 22 heavy (non-hydrogen) atoms. The fourth-order valence-corrected chi connectivity index (χ4v) is 2.44. The molecule has 0 aliphatic heterocycles. The van der Waals surface area contributed by atoms with E-state index in [0.717, 1.165) is 4.90 Å². The average Bonchev–Trinajstić information content (AvgIpc) is 2.54. The molecule has 1 amide bonds. The minimum Gasteiger partial charge on any atom is -0.374 e. The molecule has 0 fully saturated rings. The van der Waals surface area contributed by atoms with Crippen LogP contribution in [0.4, 0.5) is 0 Å². The highest BCUT2D eigenvalue weighted by Crippen LogP contribution is 2.22. The summed E-state index contributed by atoms with van der Waals surface area (Å²) in [6.45, 7) is 9.22. The lowest BCUT2D eigenvalue weighted by Crippen LogP contribution is -2.49. The number of aliphatic hydroxyl groups is 1. The Morgan fingerprint density at radius 1 is 1.50 bits per heavy atom. The maximum absolute atomic E-state index is 11.9. The summed E-state index contributed by atoms with van der Waals surface area (Å²) in [6, 6.07) is 3.06. The van der Waals surface area contributed by atoms with Gasteiger partial charge in [-0.3, -0.25) is 14.0 Å². The first-order valence-corrected chi connectivity index (χ1v) is 8.67. The molecule has 1 rings (SSSR count). The van der Waals surface area contributed by atoms with Crippen LogP contribution in [0.1, 0.15) is 40.3 Å². The lowest BCUT2D eigenvalue weighted by Gasteiger charge is -2.35. The van der Waals surface area contributed by atoms with Crippen LogP contribution < -0.4 is 0 Å². The second kappa shape index (κ2) is 9.05. The molecule has 0 aliphatic rings. The third kappa shape index (κ3) is 4.92. The largest absolute Gasteiger partial charge is 0.374 e. The van der Waals surface area contributed by atoms with Gasteiger partial charge in [-0.25, -0.2) is 0 Å². The molecule has 2 unspecified atom stereocenters. The normalized spacial score (nSPS) is 14.5. The number of nitrogens with zero attached hydrogens (tertiary/aromatic N) is 2. The van der Waals surface area contributed by atoms with E-state index in [-0.39, 0.29) is 17.5 Å². The van der Waals surface area contributed by atoms with E-state index in [1.54, 1.807) is 26.8 Å². The van der Waals surface area contributed by atoms with Gasteiger partial charge in [0.1, 0.15) is 5.62 Å². The average molecular weight is 324 g/mol. The molecule has 0 spiro atoms.